The molecule has 0 amide bonds. The van der Waals surface area contributed by atoms with Crippen LogP contribution in [0.25, 0.3) is 22.9 Å². The van der Waals surface area contributed by atoms with Crippen LogP contribution in [0.4, 0.5) is 0 Å². The van der Waals surface area contributed by atoms with E-state index in [4.69, 9.17) is 0 Å². The van der Waals surface area contributed by atoms with Crippen LogP contribution in [0.1, 0.15) is 0 Å². The van der Waals surface area contributed by atoms with Gasteiger partial charge in [0.1, 0.15) is 5.69 Å². The lowest BCUT2D eigenvalue weighted by Crippen LogP contribution is -2.36. The Morgan fingerprint density at radius 2 is 2.00 bits per heavy atom. The fraction of sp³-hybridized carbons (Fsp3) is 0.167. The van der Waals surface area contributed by atoms with Crippen molar-refractivity contribution in [3.05, 3.63) is 45.4 Å². The number of aromatic amines is 1. The Balaban J connectivity index is 2.41. The summed E-state index contributed by atoms with van der Waals surface area (Å²) in [6, 6.07) is 3.70. The number of hydrogen-bond acceptors (Lipinski definition) is 4. The van der Waals surface area contributed by atoms with E-state index in [9.17, 15) is 9.59 Å². The smallest absolute Gasteiger partial charge is 0.352 e. The molecule has 0 fully saturated rings. The Labute approximate surface area is 107 Å². The molecule has 1 aromatic heterocycles. The topological polar surface area (TPSA) is 85.6 Å². The van der Waals surface area contributed by atoms with E-state index >= 15 is 0 Å². The van der Waals surface area contributed by atoms with E-state index in [1.165, 1.54) is 7.05 Å². The number of nitrogens with zero attached hydrogens (tertiary/aromatic N) is 4. The number of hydrogen-bond donors (Lipinski definition) is 1. The molecule has 2 aliphatic heterocycles. The van der Waals surface area contributed by atoms with E-state index in [1.54, 1.807) is 24.0 Å². The van der Waals surface area contributed by atoms with Crippen molar-refractivity contribution < 1.29 is 0 Å². The Morgan fingerprint density at radius 1 is 1.21 bits per heavy atom. The molecule has 0 bridgehead atoms. The molecule has 0 unspecified atom stereocenters. The zero-order chi connectivity index (χ0) is 13.6. The summed E-state index contributed by atoms with van der Waals surface area (Å²) in [5, 5.41) is 0. The standard InChI is InChI=1S/C12H11N5O2/c1-16-6-8(7-4-3-5-13-7)14-9-10(16)15-12(19)17(2)11(9)18/h3-6,13H,1-2H3. The normalized spacial score (nSPS) is 11.1. The molecule has 7 heteroatoms. The summed E-state index contributed by atoms with van der Waals surface area (Å²) in [6.45, 7) is 0. The molecule has 0 atom stereocenters. The van der Waals surface area contributed by atoms with Crippen LogP contribution in [0.5, 0.6) is 0 Å². The SMILES string of the molecule is Cn1cc(-c2ccc[nH]2)nc2c(=O)n(C)c(=O)nc1-2. The lowest BCUT2D eigenvalue weighted by molar-refractivity contribution is 0.739. The summed E-state index contributed by atoms with van der Waals surface area (Å²) in [7, 11) is 3.11. The summed E-state index contributed by atoms with van der Waals surface area (Å²) >= 11 is 0. The molecule has 1 N–H and O–H groups in total. The first-order valence-corrected chi connectivity index (χ1v) is 5.66. The van der Waals surface area contributed by atoms with Crippen LogP contribution in [0.2, 0.25) is 0 Å². The highest BCUT2D eigenvalue weighted by Crippen LogP contribution is 2.18. The fourth-order valence-electron chi connectivity index (χ4n) is 1.92. The van der Waals surface area contributed by atoms with E-state index in [1.807, 2.05) is 12.1 Å². The molecule has 3 rings (SSSR count). The van der Waals surface area contributed by atoms with Crippen molar-refractivity contribution in [1.29, 1.82) is 0 Å². The van der Waals surface area contributed by atoms with Gasteiger partial charge in [-0.25, -0.2) is 9.78 Å². The van der Waals surface area contributed by atoms with E-state index in [-0.39, 0.29) is 11.5 Å². The first-order chi connectivity index (χ1) is 9.08. The van der Waals surface area contributed by atoms with Crippen molar-refractivity contribution >= 4 is 0 Å². The molecule has 3 heterocycles. The zero-order valence-electron chi connectivity index (χ0n) is 10.4. The number of aromatic nitrogens is 5. The van der Waals surface area contributed by atoms with Crippen molar-refractivity contribution in [3.63, 3.8) is 0 Å². The minimum atomic E-state index is -0.581. The van der Waals surface area contributed by atoms with Crippen LogP contribution in [0.3, 0.4) is 0 Å². The third-order valence-electron chi connectivity index (χ3n) is 2.96. The predicted octanol–water partition coefficient (Wildman–Crippen LogP) is -0.0261. The van der Waals surface area contributed by atoms with E-state index in [0.717, 1.165) is 10.3 Å². The Bertz CT molecular complexity index is 828. The third kappa shape index (κ3) is 1.67. The van der Waals surface area contributed by atoms with Gasteiger partial charge in [0.2, 0.25) is 0 Å². The minimum Gasteiger partial charge on any atom is -0.360 e. The molecule has 2 aliphatic rings. The lowest BCUT2D eigenvalue weighted by Gasteiger charge is -2.11. The molecule has 19 heavy (non-hydrogen) atoms. The summed E-state index contributed by atoms with van der Waals surface area (Å²) in [6.07, 6.45) is 3.50. The molecule has 0 saturated carbocycles. The van der Waals surface area contributed by atoms with Crippen LogP contribution in [0, 0.1) is 0 Å². The van der Waals surface area contributed by atoms with Gasteiger partial charge in [-0.2, -0.15) is 4.98 Å². The summed E-state index contributed by atoms with van der Waals surface area (Å²) in [5.41, 5.74) is 0.571. The number of rotatable bonds is 1. The van der Waals surface area contributed by atoms with Gasteiger partial charge in [0.05, 0.1) is 5.69 Å². The highest BCUT2D eigenvalue weighted by Gasteiger charge is 2.18. The molecule has 0 aliphatic carbocycles. The first-order valence-electron chi connectivity index (χ1n) is 5.66. The van der Waals surface area contributed by atoms with Crippen LogP contribution < -0.4 is 11.2 Å². The monoisotopic (exact) mass is 257 g/mol. The second-order valence-electron chi connectivity index (χ2n) is 4.25. The number of fused-ring (bicyclic) bond motifs is 1. The van der Waals surface area contributed by atoms with Gasteiger partial charge in [-0.3, -0.25) is 9.36 Å². The third-order valence-corrected chi connectivity index (χ3v) is 2.96. The molecular weight excluding hydrogens is 246 g/mol. The maximum absolute atomic E-state index is 12.1. The molecule has 96 valence electrons. The van der Waals surface area contributed by atoms with Crippen molar-refractivity contribution in [3.8, 4) is 22.9 Å². The van der Waals surface area contributed by atoms with Crippen LogP contribution >= 0.6 is 0 Å². The van der Waals surface area contributed by atoms with Crippen molar-refractivity contribution in [1.82, 2.24) is 24.1 Å². The van der Waals surface area contributed by atoms with E-state index in [2.05, 4.69) is 15.0 Å². The van der Waals surface area contributed by atoms with E-state index < -0.39 is 11.2 Å². The summed E-state index contributed by atoms with van der Waals surface area (Å²) in [4.78, 5) is 34.8. The second-order valence-corrected chi connectivity index (χ2v) is 4.25. The summed E-state index contributed by atoms with van der Waals surface area (Å²) in [5.74, 6) is 0.281. The Kier molecular flexibility index (Phi) is 2.34. The highest BCUT2D eigenvalue weighted by atomic mass is 16.2. The largest absolute Gasteiger partial charge is 0.360 e. The molecule has 1 aromatic rings. The Morgan fingerprint density at radius 3 is 2.68 bits per heavy atom. The van der Waals surface area contributed by atoms with Gasteiger partial charge in [0.25, 0.3) is 5.56 Å². The van der Waals surface area contributed by atoms with Crippen molar-refractivity contribution in [2.24, 2.45) is 14.1 Å². The van der Waals surface area contributed by atoms with E-state index in [0.29, 0.717) is 5.69 Å². The quantitative estimate of drug-likeness (QED) is 0.663. The molecule has 0 aromatic carbocycles. The fourth-order valence-corrected chi connectivity index (χ4v) is 1.92. The van der Waals surface area contributed by atoms with Gasteiger partial charge in [-0.1, -0.05) is 0 Å². The van der Waals surface area contributed by atoms with Crippen LogP contribution in [-0.2, 0) is 14.1 Å². The van der Waals surface area contributed by atoms with Crippen molar-refractivity contribution in [2.75, 3.05) is 0 Å². The average molecular weight is 257 g/mol. The number of aryl methyl sites for hydroxylation is 1. The predicted molar refractivity (Wildman–Crippen MR) is 68.9 cm³/mol. The first kappa shape index (κ1) is 11.4. The summed E-state index contributed by atoms with van der Waals surface area (Å²) < 4.78 is 2.58. The average Bonchev–Trinajstić information content (AvgIpc) is 2.91. The van der Waals surface area contributed by atoms with Gasteiger partial charge < -0.3 is 9.55 Å². The molecule has 0 radical (unpaired) electrons. The zero-order valence-corrected chi connectivity index (χ0v) is 10.4. The molecule has 7 nitrogen and oxygen atoms in total. The van der Waals surface area contributed by atoms with Gasteiger partial charge in [0.15, 0.2) is 11.5 Å². The van der Waals surface area contributed by atoms with Gasteiger partial charge in [-0.05, 0) is 12.1 Å². The van der Waals surface area contributed by atoms with Crippen molar-refractivity contribution in [2.45, 2.75) is 0 Å². The van der Waals surface area contributed by atoms with Gasteiger partial charge in [0, 0.05) is 26.5 Å². The van der Waals surface area contributed by atoms with Crippen LogP contribution in [-0.4, -0.2) is 24.1 Å². The molecule has 0 spiro atoms. The number of nitrogens with one attached hydrogen (secondary N) is 1. The minimum absolute atomic E-state index is 0.178. The lowest BCUT2D eigenvalue weighted by atomic mass is 10.3. The Hall–Kier alpha value is -2.70. The number of H-pyrrole nitrogens is 1. The van der Waals surface area contributed by atoms with Gasteiger partial charge in [-0.15, -0.1) is 0 Å². The maximum atomic E-state index is 12.1. The highest BCUT2D eigenvalue weighted by molar-refractivity contribution is 5.60. The molecular formula is C12H11N5O2. The van der Waals surface area contributed by atoms with Gasteiger partial charge >= 0.3 is 5.69 Å². The van der Waals surface area contributed by atoms with Crippen LogP contribution in [0.15, 0.2) is 34.1 Å². The second kappa shape index (κ2) is 3.91. The maximum Gasteiger partial charge on any atom is 0.352 e. The molecule has 0 saturated heterocycles.